The third kappa shape index (κ3) is 7.10. The quantitative estimate of drug-likeness (QED) is 0.657. The highest BCUT2D eigenvalue weighted by atomic mass is 19.1. The molecule has 0 aliphatic carbocycles. The Morgan fingerprint density at radius 2 is 1.28 bits per heavy atom. The first-order valence-electron chi connectivity index (χ1n) is 10.8. The van der Waals surface area contributed by atoms with Crippen LogP contribution in [0.15, 0.2) is 48.5 Å². The number of anilines is 1. The molecule has 0 bridgehead atoms. The van der Waals surface area contributed by atoms with E-state index in [1.54, 1.807) is 12.1 Å². The van der Waals surface area contributed by atoms with E-state index in [1.807, 2.05) is 18.7 Å². The summed E-state index contributed by atoms with van der Waals surface area (Å²) in [6, 6.07) is 11.7. The summed E-state index contributed by atoms with van der Waals surface area (Å²) >= 11 is 0. The van der Waals surface area contributed by atoms with Gasteiger partial charge in [-0.25, -0.2) is 8.78 Å². The van der Waals surface area contributed by atoms with Crippen LogP contribution in [0.1, 0.15) is 25.5 Å². The van der Waals surface area contributed by atoms with Gasteiger partial charge in [-0.3, -0.25) is 19.4 Å². The summed E-state index contributed by atoms with van der Waals surface area (Å²) in [6.45, 7) is 7.28. The van der Waals surface area contributed by atoms with E-state index >= 15 is 0 Å². The molecular formula is C24H30F2N4O2. The van der Waals surface area contributed by atoms with Crippen molar-refractivity contribution in [3.05, 3.63) is 65.7 Å². The number of nitrogens with zero attached hydrogens (tertiary/aromatic N) is 2. The van der Waals surface area contributed by atoms with E-state index in [0.717, 1.165) is 5.56 Å². The number of hydrogen-bond donors (Lipinski definition) is 2. The average molecular weight is 445 g/mol. The molecule has 2 aromatic carbocycles. The van der Waals surface area contributed by atoms with Crippen molar-refractivity contribution in [1.29, 1.82) is 0 Å². The molecule has 1 aliphatic rings. The molecule has 1 atom stereocenters. The van der Waals surface area contributed by atoms with Crippen LogP contribution in [0.25, 0.3) is 0 Å². The van der Waals surface area contributed by atoms with Gasteiger partial charge in [0.05, 0.1) is 19.1 Å². The van der Waals surface area contributed by atoms with E-state index in [1.165, 1.54) is 36.4 Å². The van der Waals surface area contributed by atoms with Gasteiger partial charge in [0.15, 0.2) is 0 Å². The number of hydrogen-bond acceptors (Lipinski definition) is 4. The van der Waals surface area contributed by atoms with E-state index < -0.39 is 0 Å². The van der Waals surface area contributed by atoms with E-state index in [9.17, 15) is 18.4 Å². The second kappa shape index (κ2) is 11.2. The lowest BCUT2D eigenvalue weighted by Gasteiger charge is -2.34. The Morgan fingerprint density at radius 1 is 0.812 bits per heavy atom. The zero-order valence-electron chi connectivity index (χ0n) is 18.5. The fourth-order valence-electron chi connectivity index (χ4n) is 3.77. The number of amides is 2. The van der Waals surface area contributed by atoms with Crippen molar-refractivity contribution in [3.8, 4) is 0 Å². The smallest absolute Gasteiger partial charge is 0.238 e. The molecule has 8 heteroatoms. The molecule has 2 N–H and O–H groups in total. The van der Waals surface area contributed by atoms with Crippen LogP contribution < -0.4 is 10.6 Å². The van der Waals surface area contributed by atoms with Crippen molar-refractivity contribution in [2.45, 2.75) is 19.9 Å². The summed E-state index contributed by atoms with van der Waals surface area (Å²) in [4.78, 5) is 28.9. The van der Waals surface area contributed by atoms with E-state index in [0.29, 0.717) is 31.9 Å². The van der Waals surface area contributed by atoms with E-state index in [2.05, 4.69) is 15.5 Å². The Labute approximate surface area is 187 Å². The van der Waals surface area contributed by atoms with Crippen molar-refractivity contribution < 1.29 is 18.4 Å². The van der Waals surface area contributed by atoms with Crippen LogP contribution in [-0.4, -0.2) is 60.9 Å². The number of benzene rings is 2. The van der Waals surface area contributed by atoms with E-state index in [4.69, 9.17) is 0 Å². The molecule has 0 aromatic heterocycles. The number of halogens is 2. The largest absolute Gasteiger partial charge is 0.348 e. The molecule has 0 radical (unpaired) electrons. The molecule has 1 saturated heterocycles. The number of carbonyl (C=O) groups is 2. The van der Waals surface area contributed by atoms with Gasteiger partial charge in [-0.1, -0.05) is 26.0 Å². The second-order valence-electron chi connectivity index (χ2n) is 8.45. The molecule has 172 valence electrons. The molecule has 2 aromatic rings. The fourth-order valence-corrected chi connectivity index (χ4v) is 3.77. The molecule has 0 saturated carbocycles. The Balaban J connectivity index is 1.42. The van der Waals surface area contributed by atoms with Gasteiger partial charge in [0.25, 0.3) is 0 Å². The summed E-state index contributed by atoms with van der Waals surface area (Å²) in [5.74, 6) is -0.703. The molecular weight excluding hydrogens is 414 g/mol. The minimum absolute atomic E-state index is 0.0736. The lowest BCUT2D eigenvalue weighted by molar-refractivity contribution is -0.124. The Bertz CT molecular complexity index is 895. The van der Waals surface area contributed by atoms with Gasteiger partial charge in [-0.2, -0.15) is 0 Å². The third-order valence-electron chi connectivity index (χ3n) is 5.54. The van der Waals surface area contributed by atoms with Crippen LogP contribution in [0, 0.1) is 17.6 Å². The molecule has 6 nitrogen and oxygen atoms in total. The molecule has 0 spiro atoms. The highest BCUT2D eigenvalue weighted by Gasteiger charge is 2.23. The Kier molecular flexibility index (Phi) is 8.30. The van der Waals surface area contributed by atoms with Crippen LogP contribution in [0.5, 0.6) is 0 Å². The SMILES string of the molecule is CC(C)C(NC(=O)CN1CCN(CC(=O)Nc2ccc(F)cc2)CC1)c1ccc(F)cc1. The predicted octanol–water partition coefficient (Wildman–Crippen LogP) is 3.03. The van der Waals surface area contributed by atoms with Crippen LogP contribution >= 0.6 is 0 Å². The minimum Gasteiger partial charge on any atom is -0.348 e. The Morgan fingerprint density at radius 3 is 1.78 bits per heavy atom. The van der Waals surface area contributed by atoms with Gasteiger partial charge >= 0.3 is 0 Å². The molecule has 2 amide bonds. The molecule has 1 aliphatic heterocycles. The summed E-state index contributed by atoms with van der Waals surface area (Å²) in [7, 11) is 0. The van der Waals surface area contributed by atoms with Crippen molar-refractivity contribution in [3.63, 3.8) is 0 Å². The maximum atomic E-state index is 13.2. The highest BCUT2D eigenvalue weighted by molar-refractivity contribution is 5.92. The summed E-state index contributed by atoms with van der Waals surface area (Å²) in [5.41, 5.74) is 1.44. The topological polar surface area (TPSA) is 64.7 Å². The minimum atomic E-state index is -0.347. The first-order chi connectivity index (χ1) is 15.3. The Hall–Kier alpha value is -2.84. The highest BCUT2D eigenvalue weighted by Crippen LogP contribution is 2.22. The van der Waals surface area contributed by atoms with Gasteiger partial charge in [0.2, 0.25) is 11.8 Å². The molecule has 1 unspecified atom stereocenters. The maximum absolute atomic E-state index is 13.2. The normalized spacial score (nSPS) is 16.0. The van der Waals surface area contributed by atoms with Crippen molar-refractivity contribution in [2.24, 2.45) is 5.92 Å². The lowest BCUT2D eigenvalue weighted by atomic mass is 9.96. The van der Waals surface area contributed by atoms with Crippen molar-refractivity contribution in [2.75, 3.05) is 44.6 Å². The molecule has 3 rings (SSSR count). The first kappa shape index (κ1) is 23.8. The summed E-state index contributed by atoms with van der Waals surface area (Å²) in [6.07, 6.45) is 0. The van der Waals surface area contributed by atoms with Gasteiger partial charge < -0.3 is 10.6 Å². The molecule has 1 heterocycles. The van der Waals surface area contributed by atoms with Crippen LogP contribution in [-0.2, 0) is 9.59 Å². The van der Waals surface area contributed by atoms with Gasteiger partial charge in [0, 0.05) is 31.9 Å². The van der Waals surface area contributed by atoms with Gasteiger partial charge in [0.1, 0.15) is 11.6 Å². The average Bonchev–Trinajstić information content (AvgIpc) is 2.75. The first-order valence-corrected chi connectivity index (χ1v) is 10.8. The number of nitrogens with one attached hydrogen (secondary N) is 2. The monoisotopic (exact) mass is 444 g/mol. The lowest BCUT2D eigenvalue weighted by Crippen LogP contribution is -2.51. The van der Waals surface area contributed by atoms with Gasteiger partial charge in [-0.05, 0) is 47.9 Å². The number of rotatable bonds is 8. The number of carbonyl (C=O) groups excluding carboxylic acids is 2. The molecule has 32 heavy (non-hydrogen) atoms. The molecule has 1 fully saturated rings. The predicted molar refractivity (Wildman–Crippen MR) is 120 cm³/mol. The van der Waals surface area contributed by atoms with Crippen molar-refractivity contribution >= 4 is 17.5 Å². The number of piperazine rings is 1. The van der Waals surface area contributed by atoms with E-state index in [-0.39, 0.29) is 48.5 Å². The zero-order valence-corrected chi connectivity index (χ0v) is 18.5. The van der Waals surface area contributed by atoms with Crippen LogP contribution in [0.3, 0.4) is 0 Å². The zero-order chi connectivity index (χ0) is 23.1. The summed E-state index contributed by atoms with van der Waals surface area (Å²) < 4.78 is 26.2. The van der Waals surface area contributed by atoms with Crippen LogP contribution in [0.2, 0.25) is 0 Å². The summed E-state index contributed by atoms with van der Waals surface area (Å²) in [5, 5.41) is 5.83. The second-order valence-corrected chi connectivity index (χ2v) is 8.45. The maximum Gasteiger partial charge on any atom is 0.238 e. The fraction of sp³-hybridized carbons (Fsp3) is 0.417. The van der Waals surface area contributed by atoms with Gasteiger partial charge in [-0.15, -0.1) is 0 Å². The standard InChI is InChI=1S/C24H30F2N4O2/c1-17(2)24(18-3-5-19(25)6-4-18)28-23(32)16-30-13-11-29(12-14-30)15-22(31)27-21-9-7-20(26)8-10-21/h3-10,17,24H,11-16H2,1-2H3,(H,27,31)(H,28,32). The third-order valence-corrected chi connectivity index (χ3v) is 5.54. The van der Waals surface area contributed by atoms with Crippen molar-refractivity contribution in [1.82, 2.24) is 15.1 Å². The van der Waals surface area contributed by atoms with Crippen LogP contribution in [0.4, 0.5) is 14.5 Å².